The van der Waals surface area contributed by atoms with Crippen molar-refractivity contribution in [3.8, 4) is 0 Å². The molecule has 1 saturated heterocycles. The van der Waals surface area contributed by atoms with E-state index in [1.165, 1.54) is 0 Å². The summed E-state index contributed by atoms with van der Waals surface area (Å²) in [6, 6.07) is 0.115. The number of piperidine rings is 1. The van der Waals surface area contributed by atoms with Gasteiger partial charge in [0.15, 0.2) is 0 Å². The average Bonchev–Trinajstić information content (AvgIpc) is 2.39. The minimum atomic E-state index is -3.33. The normalized spacial score (nSPS) is 21.8. The van der Waals surface area contributed by atoms with Gasteiger partial charge in [-0.1, -0.05) is 20.3 Å². The van der Waals surface area contributed by atoms with E-state index in [4.69, 9.17) is 0 Å². The van der Waals surface area contributed by atoms with E-state index in [2.05, 4.69) is 12.2 Å². The van der Waals surface area contributed by atoms with Crippen molar-refractivity contribution in [2.45, 2.75) is 65.5 Å². The molecular weight excluding hydrogens is 274 g/mol. The van der Waals surface area contributed by atoms with Crippen molar-refractivity contribution in [1.82, 2.24) is 13.9 Å². The molecule has 0 radical (unpaired) electrons. The Morgan fingerprint density at radius 3 is 2.55 bits per heavy atom. The Morgan fingerprint density at radius 2 is 2.00 bits per heavy atom. The molecule has 0 aromatic rings. The molecule has 6 heteroatoms. The Kier molecular flexibility index (Phi) is 7.43. The van der Waals surface area contributed by atoms with Gasteiger partial charge in [0.25, 0.3) is 10.2 Å². The van der Waals surface area contributed by atoms with E-state index in [1.54, 1.807) is 8.61 Å². The van der Waals surface area contributed by atoms with E-state index in [0.29, 0.717) is 13.1 Å². The van der Waals surface area contributed by atoms with Gasteiger partial charge < -0.3 is 5.32 Å². The van der Waals surface area contributed by atoms with Gasteiger partial charge in [0, 0.05) is 31.7 Å². The maximum atomic E-state index is 12.8. The SMILES string of the molecule is CCCNCC1CCCCN1S(=O)(=O)N(CC)C(C)C. The summed E-state index contributed by atoms with van der Waals surface area (Å²) in [5.41, 5.74) is 0. The maximum Gasteiger partial charge on any atom is 0.282 e. The molecule has 5 nitrogen and oxygen atoms in total. The molecule has 0 aromatic carbocycles. The van der Waals surface area contributed by atoms with E-state index in [0.717, 1.165) is 38.8 Å². The van der Waals surface area contributed by atoms with Crippen LogP contribution in [0.1, 0.15) is 53.4 Å². The summed E-state index contributed by atoms with van der Waals surface area (Å²) >= 11 is 0. The zero-order valence-corrected chi connectivity index (χ0v) is 14.2. The standard InChI is InChI=1S/C14H31N3O2S/c1-5-10-15-12-14-9-7-8-11-17(14)20(18,19)16(6-2)13(3)4/h13-15H,5-12H2,1-4H3. The summed E-state index contributed by atoms with van der Waals surface area (Å²) in [7, 11) is -3.33. The highest BCUT2D eigenvalue weighted by Gasteiger charge is 2.36. The predicted octanol–water partition coefficient (Wildman–Crippen LogP) is 1.82. The smallest absolute Gasteiger partial charge is 0.282 e. The minimum Gasteiger partial charge on any atom is -0.315 e. The first-order valence-corrected chi connectivity index (χ1v) is 9.34. The molecule has 1 atom stereocenters. The molecule has 0 aromatic heterocycles. The highest BCUT2D eigenvalue weighted by molar-refractivity contribution is 7.86. The molecule has 20 heavy (non-hydrogen) atoms. The van der Waals surface area contributed by atoms with E-state index in [-0.39, 0.29) is 12.1 Å². The van der Waals surface area contributed by atoms with Crippen LogP contribution >= 0.6 is 0 Å². The number of rotatable bonds is 8. The largest absolute Gasteiger partial charge is 0.315 e. The molecule has 1 fully saturated rings. The first kappa shape index (κ1) is 17.9. The first-order valence-electron chi connectivity index (χ1n) is 7.94. The average molecular weight is 305 g/mol. The summed E-state index contributed by atoms with van der Waals surface area (Å²) in [6.45, 7) is 10.8. The molecule has 1 aliphatic rings. The first-order chi connectivity index (χ1) is 9.45. The topological polar surface area (TPSA) is 52.7 Å². The van der Waals surface area contributed by atoms with Crippen molar-refractivity contribution in [3.63, 3.8) is 0 Å². The van der Waals surface area contributed by atoms with Crippen molar-refractivity contribution in [1.29, 1.82) is 0 Å². The molecule has 1 rings (SSSR count). The summed E-state index contributed by atoms with van der Waals surface area (Å²) in [5.74, 6) is 0. The van der Waals surface area contributed by atoms with Crippen LogP contribution in [0.4, 0.5) is 0 Å². The third-order valence-electron chi connectivity index (χ3n) is 3.86. The van der Waals surface area contributed by atoms with Crippen molar-refractivity contribution < 1.29 is 8.42 Å². The van der Waals surface area contributed by atoms with Gasteiger partial charge in [0.1, 0.15) is 0 Å². The highest BCUT2D eigenvalue weighted by Crippen LogP contribution is 2.23. The lowest BCUT2D eigenvalue weighted by Crippen LogP contribution is -2.54. The molecule has 1 unspecified atom stereocenters. The summed E-state index contributed by atoms with van der Waals surface area (Å²) in [5, 5.41) is 3.37. The van der Waals surface area contributed by atoms with E-state index in [1.807, 2.05) is 20.8 Å². The zero-order chi connectivity index (χ0) is 15.2. The number of hydrogen-bond acceptors (Lipinski definition) is 3. The molecule has 0 saturated carbocycles. The highest BCUT2D eigenvalue weighted by atomic mass is 32.2. The lowest BCUT2D eigenvalue weighted by Gasteiger charge is -2.39. The van der Waals surface area contributed by atoms with Crippen LogP contribution in [0.15, 0.2) is 0 Å². The van der Waals surface area contributed by atoms with Crippen LogP contribution in [0.25, 0.3) is 0 Å². The van der Waals surface area contributed by atoms with Crippen molar-refractivity contribution >= 4 is 10.2 Å². The molecule has 1 aliphatic heterocycles. The maximum absolute atomic E-state index is 12.8. The minimum absolute atomic E-state index is 0.0103. The van der Waals surface area contributed by atoms with Crippen LogP contribution in [0, 0.1) is 0 Å². The third kappa shape index (κ3) is 4.41. The van der Waals surface area contributed by atoms with Crippen molar-refractivity contribution in [3.05, 3.63) is 0 Å². The molecule has 120 valence electrons. The predicted molar refractivity (Wildman–Crippen MR) is 83.9 cm³/mol. The second kappa shape index (κ2) is 8.32. The fraction of sp³-hybridized carbons (Fsp3) is 1.00. The lowest BCUT2D eigenvalue weighted by atomic mass is 10.1. The molecular formula is C14H31N3O2S. The summed E-state index contributed by atoms with van der Waals surface area (Å²) < 4.78 is 29.0. The summed E-state index contributed by atoms with van der Waals surface area (Å²) in [4.78, 5) is 0. The van der Waals surface area contributed by atoms with E-state index >= 15 is 0 Å². The zero-order valence-electron chi connectivity index (χ0n) is 13.4. The van der Waals surface area contributed by atoms with Crippen LogP contribution in [0.3, 0.4) is 0 Å². The van der Waals surface area contributed by atoms with Gasteiger partial charge in [0.05, 0.1) is 0 Å². The monoisotopic (exact) mass is 305 g/mol. The van der Waals surface area contributed by atoms with Gasteiger partial charge >= 0.3 is 0 Å². The fourth-order valence-corrected chi connectivity index (χ4v) is 4.90. The lowest BCUT2D eigenvalue weighted by molar-refractivity contribution is 0.220. The molecule has 0 aliphatic carbocycles. The number of nitrogens with zero attached hydrogens (tertiary/aromatic N) is 2. The van der Waals surface area contributed by atoms with Crippen LogP contribution in [0.5, 0.6) is 0 Å². The van der Waals surface area contributed by atoms with Crippen LogP contribution in [-0.4, -0.2) is 55.3 Å². The third-order valence-corrected chi connectivity index (χ3v) is 6.21. The molecule has 1 heterocycles. The van der Waals surface area contributed by atoms with Gasteiger partial charge in [-0.3, -0.25) is 0 Å². The fourth-order valence-electron chi connectivity index (χ4n) is 2.86. The van der Waals surface area contributed by atoms with Crippen LogP contribution in [0.2, 0.25) is 0 Å². The van der Waals surface area contributed by atoms with Crippen LogP contribution in [-0.2, 0) is 10.2 Å². The Balaban J connectivity index is 2.82. The Bertz CT molecular complexity index is 371. The van der Waals surface area contributed by atoms with Crippen molar-refractivity contribution in [2.75, 3.05) is 26.2 Å². The van der Waals surface area contributed by atoms with E-state index in [9.17, 15) is 8.42 Å². The van der Waals surface area contributed by atoms with Crippen molar-refractivity contribution in [2.24, 2.45) is 0 Å². The second-order valence-corrected chi connectivity index (χ2v) is 7.60. The Morgan fingerprint density at radius 1 is 1.30 bits per heavy atom. The second-order valence-electron chi connectivity index (χ2n) is 5.77. The van der Waals surface area contributed by atoms with Gasteiger partial charge in [-0.15, -0.1) is 0 Å². The summed E-state index contributed by atoms with van der Waals surface area (Å²) in [6.07, 6.45) is 4.13. The molecule has 0 amide bonds. The number of nitrogens with one attached hydrogen (secondary N) is 1. The van der Waals surface area contributed by atoms with Gasteiger partial charge in [-0.2, -0.15) is 17.0 Å². The Labute approximate surface area is 124 Å². The van der Waals surface area contributed by atoms with Crippen LogP contribution < -0.4 is 5.32 Å². The van der Waals surface area contributed by atoms with Gasteiger partial charge in [-0.05, 0) is 39.7 Å². The Hall–Kier alpha value is -0.170. The molecule has 1 N–H and O–H groups in total. The van der Waals surface area contributed by atoms with E-state index < -0.39 is 10.2 Å². The quantitative estimate of drug-likeness (QED) is 0.696. The van der Waals surface area contributed by atoms with Gasteiger partial charge in [0.2, 0.25) is 0 Å². The number of hydrogen-bond donors (Lipinski definition) is 1. The van der Waals surface area contributed by atoms with Gasteiger partial charge in [-0.25, -0.2) is 0 Å². The molecule has 0 spiro atoms. The molecule has 0 bridgehead atoms.